The first-order chi connectivity index (χ1) is 16.9. The molecule has 0 N–H and O–H groups in total. The maximum Gasteiger partial charge on any atom is 0.410 e. The van der Waals surface area contributed by atoms with Crippen molar-refractivity contribution >= 4 is 23.6 Å². The van der Waals surface area contributed by atoms with Crippen LogP contribution in [-0.4, -0.2) is 47.0 Å². The largest absolute Gasteiger partial charge is 0.441 e. The van der Waals surface area contributed by atoms with Crippen molar-refractivity contribution in [2.45, 2.75) is 31.9 Å². The van der Waals surface area contributed by atoms with E-state index in [4.69, 9.17) is 16.3 Å². The lowest BCUT2D eigenvalue weighted by Gasteiger charge is -2.37. The Hall–Kier alpha value is -3.38. The van der Waals surface area contributed by atoms with Crippen LogP contribution in [0.4, 0.5) is 9.18 Å². The normalized spacial score (nSPS) is 17.1. The Morgan fingerprint density at radius 3 is 2.46 bits per heavy atom. The molecule has 2 heterocycles. The lowest BCUT2D eigenvalue weighted by atomic mass is 9.90. The van der Waals surface area contributed by atoms with Gasteiger partial charge >= 0.3 is 6.09 Å². The van der Waals surface area contributed by atoms with Gasteiger partial charge in [-0.25, -0.2) is 9.18 Å². The molecule has 0 aliphatic carbocycles. The molecule has 180 valence electrons. The maximum atomic E-state index is 14.6. The van der Waals surface area contributed by atoms with Gasteiger partial charge < -0.3 is 9.64 Å². The van der Waals surface area contributed by atoms with Crippen LogP contribution in [0.25, 0.3) is 11.1 Å². The second kappa shape index (κ2) is 9.34. The average molecular weight is 493 g/mol. The number of hydrogen-bond donors (Lipinski definition) is 0. The highest BCUT2D eigenvalue weighted by atomic mass is 35.5. The smallest absolute Gasteiger partial charge is 0.410 e. The average Bonchev–Trinajstić information content (AvgIpc) is 3.17. The molecule has 0 aromatic heterocycles. The summed E-state index contributed by atoms with van der Waals surface area (Å²) in [6, 6.07) is 21.2. The van der Waals surface area contributed by atoms with Gasteiger partial charge in [0.1, 0.15) is 11.4 Å². The van der Waals surface area contributed by atoms with E-state index in [1.807, 2.05) is 36.4 Å². The molecule has 2 aliphatic heterocycles. The van der Waals surface area contributed by atoms with Crippen LogP contribution in [0, 0.1) is 12.7 Å². The van der Waals surface area contributed by atoms with E-state index >= 15 is 0 Å². The third kappa shape index (κ3) is 4.50. The minimum absolute atomic E-state index is 0.0924. The van der Waals surface area contributed by atoms with Crippen LogP contribution in [-0.2, 0) is 11.3 Å². The third-order valence-corrected chi connectivity index (χ3v) is 7.28. The molecule has 2 saturated heterocycles. The second-order valence-electron chi connectivity index (χ2n) is 9.28. The number of amides is 2. The van der Waals surface area contributed by atoms with Crippen molar-refractivity contribution in [1.29, 1.82) is 0 Å². The van der Waals surface area contributed by atoms with Gasteiger partial charge in [0, 0.05) is 32.5 Å². The Morgan fingerprint density at radius 1 is 1.03 bits per heavy atom. The lowest BCUT2D eigenvalue weighted by Crippen LogP contribution is -2.49. The number of aryl methyl sites for hydroxylation is 1. The van der Waals surface area contributed by atoms with E-state index in [0.717, 1.165) is 16.7 Å². The molecule has 5 rings (SSSR count). The van der Waals surface area contributed by atoms with Gasteiger partial charge in [0.25, 0.3) is 5.91 Å². The number of benzene rings is 3. The number of ether oxygens (including phenoxy) is 1. The van der Waals surface area contributed by atoms with Gasteiger partial charge in [-0.2, -0.15) is 0 Å². The van der Waals surface area contributed by atoms with E-state index < -0.39 is 17.3 Å². The molecule has 0 atom stereocenters. The number of carbonyl (C=O) groups is 2. The first kappa shape index (κ1) is 23.4. The molecule has 1 spiro atoms. The summed E-state index contributed by atoms with van der Waals surface area (Å²) in [5, 5.41) is 0.105. The Labute approximate surface area is 209 Å². The summed E-state index contributed by atoms with van der Waals surface area (Å²) >= 11 is 6.14. The fraction of sp³-hybridized carbons (Fsp3) is 0.286. The number of piperidine rings is 1. The van der Waals surface area contributed by atoms with E-state index in [2.05, 4.69) is 18.2 Å². The minimum Gasteiger partial charge on any atom is -0.441 e. The van der Waals surface area contributed by atoms with Crippen molar-refractivity contribution < 1.29 is 18.7 Å². The first-order valence-electron chi connectivity index (χ1n) is 11.7. The summed E-state index contributed by atoms with van der Waals surface area (Å²) in [5.41, 5.74) is 2.86. The van der Waals surface area contributed by atoms with Gasteiger partial charge in [-0.3, -0.25) is 9.69 Å². The van der Waals surface area contributed by atoms with Gasteiger partial charge in [-0.1, -0.05) is 72.3 Å². The van der Waals surface area contributed by atoms with Gasteiger partial charge in [0.05, 0.1) is 17.1 Å². The van der Waals surface area contributed by atoms with Crippen molar-refractivity contribution in [2.24, 2.45) is 0 Å². The van der Waals surface area contributed by atoms with E-state index in [1.54, 1.807) is 28.9 Å². The van der Waals surface area contributed by atoms with Crippen molar-refractivity contribution in [1.82, 2.24) is 9.80 Å². The molecule has 7 heteroatoms. The van der Waals surface area contributed by atoms with Gasteiger partial charge in [-0.15, -0.1) is 0 Å². The number of hydrogen-bond acceptors (Lipinski definition) is 3. The zero-order valence-corrected chi connectivity index (χ0v) is 20.2. The van der Waals surface area contributed by atoms with Crippen LogP contribution in [0.3, 0.4) is 0 Å². The number of carbonyl (C=O) groups excluding carboxylic acids is 2. The van der Waals surface area contributed by atoms with E-state index in [-0.39, 0.29) is 16.7 Å². The molecule has 35 heavy (non-hydrogen) atoms. The van der Waals surface area contributed by atoms with Gasteiger partial charge in [0.2, 0.25) is 0 Å². The summed E-state index contributed by atoms with van der Waals surface area (Å²) in [6.07, 6.45) is 0.638. The summed E-state index contributed by atoms with van der Waals surface area (Å²) in [4.78, 5) is 29.2. The predicted molar refractivity (Wildman–Crippen MR) is 133 cm³/mol. The molecule has 2 amide bonds. The monoisotopic (exact) mass is 492 g/mol. The van der Waals surface area contributed by atoms with Crippen LogP contribution in [0.1, 0.15) is 34.3 Å². The standard InChI is InChI=1S/C28H26ClFN2O3/c1-19-11-12-23(29)24(25(19)30)26(33)31-15-13-28(14-16-31)18-32(27(34)35-28)17-21-9-5-6-10-22(21)20-7-3-2-4-8-20/h2-12H,13-18H2,1H3. The Balaban J connectivity index is 1.28. The molecule has 3 aromatic carbocycles. The quantitative estimate of drug-likeness (QED) is 0.443. The van der Waals surface area contributed by atoms with Crippen molar-refractivity contribution in [2.75, 3.05) is 19.6 Å². The van der Waals surface area contributed by atoms with Crippen LogP contribution < -0.4 is 0 Å². The minimum atomic E-state index is -0.648. The van der Waals surface area contributed by atoms with Crippen molar-refractivity contribution in [3.63, 3.8) is 0 Å². The number of halogens is 2. The second-order valence-corrected chi connectivity index (χ2v) is 9.68. The van der Waals surface area contributed by atoms with Crippen molar-refractivity contribution in [3.8, 4) is 11.1 Å². The highest BCUT2D eigenvalue weighted by Gasteiger charge is 2.47. The first-order valence-corrected chi connectivity index (χ1v) is 12.1. The van der Waals surface area contributed by atoms with Gasteiger partial charge in [-0.05, 0) is 35.2 Å². The van der Waals surface area contributed by atoms with E-state index in [9.17, 15) is 14.0 Å². The number of nitrogens with zero attached hydrogens (tertiary/aromatic N) is 2. The molecule has 0 bridgehead atoms. The zero-order chi connectivity index (χ0) is 24.6. The molecule has 0 radical (unpaired) electrons. The highest BCUT2D eigenvalue weighted by molar-refractivity contribution is 6.33. The molecular weight excluding hydrogens is 467 g/mol. The van der Waals surface area contributed by atoms with Crippen molar-refractivity contribution in [3.05, 3.63) is 94.3 Å². The summed E-state index contributed by atoms with van der Waals surface area (Å²) < 4.78 is 20.5. The van der Waals surface area contributed by atoms with Gasteiger partial charge in [0.15, 0.2) is 0 Å². The SMILES string of the molecule is Cc1ccc(Cl)c(C(=O)N2CCC3(CC2)CN(Cc2ccccc2-c2ccccc2)C(=O)O3)c1F. The fourth-order valence-electron chi connectivity index (χ4n) is 4.97. The Morgan fingerprint density at radius 2 is 1.71 bits per heavy atom. The molecule has 0 saturated carbocycles. The van der Waals surface area contributed by atoms with Crippen LogP contribution in [0.2, 0.25) is 5.02 Å². The van der Waals surface area contributed by atoms with Crippen LogP contribution in [0.5, 0.6) is 0 Å². The third-order valence-electron chi connectivity index (χ3n) is 6.96. The molecule has 3 aromatic rings. The Kier molecular flexibility index (Phi) is 6.24. The molecule has 2 aliphatic rings. The topological polar surface area (TPSA) is 49.9 Å². The number of likely N-dealkylation sites (tertiary alicyclic amines) is 1. The summed E-state index contributed by atoms with van der Waals surface area (Å²) in [5.74, 6) is -1.01. The number of rotatable bonds is 4. The summed E-state index contributed by atoms with van der Waals surface area (Å²) in [6.45, 7) is 3.24. The van der Waals surface area contributed by atoms with E-state index in [0.29, 0.717) is 44.6 Å². The van der Waals surface area contributed by atoms with E-state index in [1.165, 1.54) is 0 Å². The molecule has 2 fully saturated rings. The lowest BCUT2D eigenvalue weighted by molar-refractivity contribution is 0.00302. The zero-order valence-electron chi connectivity index (χ0n) is 19.5. The maximum absolute atomic E-state index is 14.6. The Bertz CT molecular complexity index is 1270. The molecular formula is C28H26ClFN2O3. The fourth-order valence-corrected chi connectivity index (χ4v) is 5.19. The van der Waals surface area contributed by atoms with Crippen LogP contribution >= 0.6 is 11.6 Å². The molecule has 5 nitrogen and oxygen atoms in total. The van der Waals surface area contributed by atoms with Crippen LogP contribution in [0.15, 0.2) is 66.7 Å². The summed E-state index contributed by atoms with van der Waals surface area (Å²) in [7, 11) is 0. The predicted octanol–water partition coefficient (Wildman–Crippen LogP) is 6.08. The molecule has 0 unspecified atom stereocenters. The highest BCUT2D eigenvalue weighted by Crippen LogP contribution is 2.36.